The van der Waals surface area contributed by atoms with Crippen LogP contribution in [0.15, 0.2) is 24.3 Å². The van der Waals surface area contributed by atoms with E-state index in [1.807, 2.05) is 36.1 Å². The highest BCUT2D eigenvalue weighted by Crippen LogP contribution is 2.58. The molecule has 8 heteroatoms. The topological polar surface area (TPSA) is 90.4 Å². The molecule has 0 aromatic heterocycles. The van der Waals surface area contributed by atoms with Crippen molar-refractivity contribution in [3.05, 3.63) is 24.3 Å². The van der Waals surface area contributed by atoms with Crippen molar-refractivity contribution in [3.63, 3.8) is 0 Å². The van der Waals surface area contributed by atoms with Crippen molar-refractivity contribution in [1.82, 2.24) is 14.7 Å². The lowest BCUT2D eigenvalue weighted by atomic mass is 9.73. The quantitative estimate of drug-likeness (QED) is 0.437. The summed E-state index contributed by atoms with van der Waals surface area (Å²) in [4.78, 5) is 46.6. The molecule has 1 unspecified atom stereocenters. The van der Waals surface area contributed by atoms with E-state index in [9.17, 15) is 19.5 Å². The van der Waals surface area contributed by atoms with Gasteiger partial charge in [-0.3, -0.25) is 14.4 Å². The van der Waals surface area contributed by atoms with Gasteiger partial charge in [0.15, 0.2) is 0 Å². The minimum Gasteiger partial charge on any atom is -0.396 e. The maximum atomic E-state index is 14.0. The Kier molecular flexibility index (Phi) is 6.69. The van der Waals surface area contributed by atoms with Crippen LogP contribution in [0.4, 0.5) is 0 Å². The van der Waals surface area contributed by atoms with Gasteiger partial charge in [-0.2, -0.15) is 0 Å². The number of likely N-dealkylation sites (N-methyl/N-ethyl adjacent to an activating group) is 1. The number of amides is 3. The number of carbonyl (C=O) groups excluding carboxylic acids is 3. The summed E-state index contributed by atoms with van der Waals surface area (Å²) in [5.74, 6) is -1.84. The zero-order valence-electron chi connectivity index (χ0n) is 20.0. The van der Waals surface area contributed by atoms with E-state index >= 15 is 0 Å². The van der Waals surface area contributed by atoms with E-state index in [1.54, 1.807) is 16.8 Å². The molecule has 182 valence electrons. The van der Waals surface area contributed by atoms with Crippen molar-refractivity contribution in [2.45, 2.75) is 63.2 Å². The normalized spacial score (nSPS) is 35.6. The van der Waals surface area contributed by atoms with Gasteiger partial charge in [0.25, 0.3) is 0 Å². The standard InChI is InChI=1S/C25H37N3O5/c1-4-6-14-27-15-10-12-25-19(22(31)28(16-7-8-17-29)20(25)23(27)32)18-21(30)26(3)13-9-11-24(18,5-2)33-25/h9-12,18-20,29H,4-8,13-17H2,1-3H3/t18-,19-,20?,24+,25-/m0/s1. The number of hydrogen-bond acceptors (Lipinski definition) is 5. The number of nitrogens with zero attached hydrogens (tertiary/aromatic N) is 3. The van der Waals surface area contributed by atoms with Crippen LogP contribution < -0.4 is 0 Å². The molecule has 2 fully saturated rings. The van der Waals surface area contributed by atoms with E-state index in [1.165, 1.54) is 0 Å². The molecule has 5 atom stereocenters. The van der Waals surface area contributed by atoms with Gasteiger partial charge >= 0.3 is 0 Å². The summed E-state index contributed by atoms with van der Waals surface area (Å²) in [5, 5.41) is 9.28. The van der Waals surface area contributed by atoms with Gasteiger partial charge in [0, 0.05) is 39.8 Å². The molecule has 33 heavy (non-hydrogen) atoms. The lowest BCUT2D eigenvalue weighted by Gasteiger charge is -2.38. The summed E-state index contributed by atoms with van der Waals surface area (Å²) in [6.45, 7) is 6.02. The largest absolute Gasteiger partial charge is 0.396 e. The predicted molar refractivity (Wildman–Crippen MR) is 123 cm³/mol. The first-order valence-corrected chi connectivity index (χ1v) is 12.4. The highest BCUT2D eigenvalue weighted by atomic mass is 16.5. The van der Waals surface area contributed by atoms with Crippen molar-refractivity contribution in [3.8, 4) is 0 Å². The van der Waals surface area contributed by atoms with Gasteiger partial charge < -0.3 is 24.5 Å². The molecule has 0 saturated carbocycles. The van der Waals surface area contributed by atoms with Crippen LogP contribution in [0.3, 0.4) is 0 Å². The van der Waals surface area contributed by atoms with Crippen LogP contribution in [0, 0.1) is 11.8 Å². The highest BCUT2D eigenvalue weighted by Gasteiger charge is 2.75. The Bertz CT molecular complexity index is 857. The summed E-state index contributed by atoms with van der Waals surface area (Å²) in [6, 6.07) is -0.800. The molecular formula is C25H37N3O5. The van der Waals surface area contributed by atoms with E-state index in [2.05, 4.69) is 6.92 Å². The molecule has 0 aromatic carbocycles. The van der Waals surface area contributed by atoms with Crippen molar-refractivity contribution in [2.75, 3.05) is 39.8 Å². The number of unbranched alkanes of at least 4 members (excludes halogenated alkanes) is 2. The summed E-state index contributed by atoms with van der Waals surface area (Å²) < 4.78 is 6.85. The summed E-state index contributed by atoms with van der Waals surface area (Å²) in [7, 11) is 1.75. The van der Waals surface area contributed by atoms with Crippen molar-refractivity contribution in [1.29, 1.82) is 0 Å². The molecule has 0 aliphatic carbocycles. The van der Waals surface area contributed by atoms with Gasteiger partial charge in [-0.1, -0.05) is 44.6 Å². The molecule has 0 aromatic rings. The fraction of sp³-hybridized carbons (Fsp3) is 0.720. The third kappa shape index (κ3) is 3.62. The molecule has 1 N–H and O–H groups in total. The monoisotopic (exact) mass is 459 g/mol. The number of aliphatic hydroxyl groups excluding tert-OH is 1. The Morgan fingerprint density at radius 1 is 0.970 bits per heavy atom. The molecule has 0 bridgehead atoms. The van der Waals surface area contributed by atoms with Crippen LogP contribution in [-0.4, -0.2) is 94.6 Å². The smallest absolute Gasteiger partial charge is 0.249 e. The zero-order chi connectivity index (χ0) is 23.8. The Hall–Kier alpha value is -2.19. The molecule has 8 nitrogen and oxygen atoms in total. The maximum absolute atomic E-state index is 14.0. The number of aliphatic hydroxyl groups is 1. The first-order chi connectivity index (χ1) is 15.9. The fourth-order valence-corrected chi connectivity index (χ4v) is 6.11. The number of fused-ring (bicyclic) bond motifs is 2. The van der Waals surface area contributed by atoms with Crippen LogP contribution >= 0.6 is 0 Å². The molecule has 3 amide bonds. The van der Waals surface area contributed by atoms with Gasteiger partial charge in [-0.15, -0.1) is 0 Å². The van der Waals surface area contributed by atoms with Gasteiger partial charge in [0.2, 0.25) is 17.7 Å². The molecule has 1 spiro atoms. The Labute approximate surface area is 196 Å². The van der Waals surface area contributed by atoms with Crippen molar-refractivity contribution in [2.24, 2.45) is 11.8 Å². The lowest BCUT2D eigenvalue weighted by molar-refractivity contribution is -0.154. The predicted octanol–water partition coefficient (Wildman–Crippen LogP) is 1.35. The van der Waals surface area contributed by atoms with E-state index < -0.39 is 29.1 Å². The summed E-state index contributed by atoms with van der Waals surface area (Å²) in [6.07, 6.45) is 11.3. The van der Waals surface area contributed by atoms with Crippen LogP contribution in [0.1, 0.15) is 46.0 Å². The van der Waals surface area contributed by atoms with Crippen LogP contribution in [-0.2, 0) is 19.1 Å². The second-order valence-electron chi connectivity index (χ2n) is 9.75. The molecule has 4 rings (SSSR count). The number of likely N-dealkylation sites (tertiary alicyclic amines) is 1. The first kappa shape index (κ1) is 24.0. The molecule has 4 aliphatic heterocycles. The minimum absolute atomic E-state index is 0.0316. The highest BCUT2D eigenvalue weighted by molar-refractivity contribution is 6.00. The molecular weight excluding hydrogens is 422 g/mol. The second kappa shape index (κ2) is 9.22. The molecule has 0 radical (unpaired) electrons. The summed E-state index contributed by atoms with van der Waals surface area (Å²) in [5.41, 5.74) is -2.09. The minimum atomic E-state index is -1.17. The molecule has 2 saturated heterocycles. The van der Waals surface area contributed by atoms with Gasteiger partial charge in [0.05, 0.1) is 17.4 Å². The SMILES string of the molecule is CCCCN1CC=C[C@]23O[C@]4(CC)C=CCN(C)C(=O)[C@@H]4[C@H]2C(=O)N(CCCCO)C3C1=O. The average Bonchev–Trinajstić information content (AvgIpc) is 3.10. The van der Waals surface area contributed by atoms with Crippen molar-refractivity contribution < 1.29 is 24.2 Å². The number of ether oxygens (including phenoxy) is 1. The lowest BCUT2D eigenvalue weighted by Crippen LogP contribution is -2.56. The molecule has 4 aliphatic rings. The van der Waals surface area contributed by atoms with Gasteiger partial charge in [0.1, 0.15) is 11.6 Å². The summed E-state index contributed by atoms with van der Waals surface area (Å²) >= 11 is 0. The fourth-order valence-electron chi connectivity index (χ4n) is 6.11. The number of carbonyl (C=O) groups is 3. The van der Waals surface area contributed by atoms with E-state index in [4.69, 9.17) is 4.74 Å². The molecule has 4 heterocycles. The van der Waals surface area contributed by atoms with E-state index in [0.717, 1.165) is 12.8 Å². The third-order valence-electron chi connectivity index (χ3n) is 7.81. The van der Waals surface area contributed by atoms with E-state index in [0.29, 0.717) is 45.4 Å². The first-order valence-electron chi connectivity index (χ1n) is 12.4. The third-order valence-corrected chi connectivity index (χ3v) is 7.81. The van der Waals surface area contributed by atoms with Gasteiger partial charge in [-0.25, -0.2) is 0 Å². The van der Waals surface area contributed by atoms with Crippen molar-refractivity contribution >= 4 is 17.7 Å². The van der Waals surface area contributed by atoms with Crippen LogP contribution in [0.25, 0.3) is 0 Å². The Balaban J connectivity index is 1.82. The van der Waals surface area contributed by atoms with Crippen LogP contribution in [0.5, 0.6) is 0 Å². The zero-order valence-corrected chi connectivity index (χ0v) is 20.0. The van der Waals surface area contributed by atoms with Gasteiger partial charge in [-0.05, 0) is 25.7 Å². The van der Waals surface area contributed by atoms with Crippen LogP contribution in [0.2, 0.25) is 0 Å². The number of rotatable bonds is 8. The average molecular weight is 460 g/mol. The second-order valence-corrected chi connectivity index (χ2v) is 9.75. The van der Waals surface area contributed by atoms with E-state index in [-0.39, 0.29) is 24.3 Å². The number of hydrogen-bond donors (Lipinski definition) is 1. The maximum Gasteiger partial charge on any atom is 0.249 e. The Morgan fingerprint density at radius 3 is 2.42 bits per heavy atom. The Morgan fingerprint density at radius 2 is 1.73 bits per heavy atom.